The number of aromatic nitrogens is 4. The summed E-state index contributed by atoms with van der Waals surface area (Å²) < 4.78 is 0. The minimum absolute atomic E-state index is 0.0980. The van der Waals surface area contributed by atoms with E-state index in [1.165, 1.54) is 43.2 Å². The van der Waals surface area contributed by atoms with Crippen LogP contribution < -0.4 is 0 Å². The fourth-order valence-corrected chi connectivity index (χ4v) is 10.5. The minimum Gasteiger partial charge on any atom is -0.256 e. The van der Waals surface area contributed by atoms with Gasteiger partial charge in [0.1, 0.15) is 0 Å². The van der Waals surface area contributed by atoms with Gasteiger partial charge in [0.15, 0.2) is 17.5 Å². The minimum atomic E-state index is -0.0980. The molecule has 0 amide bonds. The number of pyridine rings is 1. The Labute approximate surface area is 325 Å². The number of rotatable bonds is 6. The molecule has 5 aromatic carbocycles. The van der Waals surface area contributed by atoms with Crippen molar-refractivity contribution in [2.45, 2.75) is 37.5 Å². The Morgan fingerprint density at radius 1 is 0.464 bits per heavy atom. The molecule has 0 radical (unpaired) electrons. The topological polar surface area (TPSA) is 123 Å². The van der Waals surface area contributed by atoms with E-state index in [4.69, 9.17) is 15.0 Å². The van der Waals surface area contributed by atoms with E-state index in [1.54, 1.807) is 24.3 Å². The Kier molecular flexibility index (Phi) is 8.02. The monoisotopic (exact) mass is 721 g/mol. The van der Waals surface area contributed by atoms with Gasteiger partial charge in [-0.2, -0.15) is 15.8 Å². The molecule has 56 heavy (non-hydrogen) atoms. The van der Waals surface area contributed by atoms with Crippen molar-refractivity contribution in [2.75, 3.05) is 0 Å². The molecule has 11 rings (SSSR count). The van der Waals surface area contributed by atoms with Gasteiger partial charge in [-0.1, -0.05) is 48.5 Å². The van der Waals surface area contributed by atoms with Gasteiger partial charge < -0.3 is 0 Å². The Hall–Kier alpha value is -7.01. The average Bonchev–Trinajstić information content (AvgIpc) is 3.26. The average molecular weight is 722 g/mol. The van der Waals surface area contributed by atoms with Crippen LogP contribution in [-0.4, -0.2) is 19.9 Å². The van der Waals surface area contributed by atoms with E-state index >= 15 is 0 Å². The van der Waals surface area contributed by atoms with Crippen molar-refractivity contribution in [2.24, 2.45) is 23.7 Å². The summed E-state index contributed by atoms with van der Waals surface area (Å²) in [5.74, 6) is 4.37. The lowest BCUT2D eigenvalue weighted by molar-refractivity contribution is -0.0418. The first kappa shape index (κ1) is 33.6. The van der Waals surface area contributed by atoms with Gasteiger partial charge in [0.2, 0.25) is 0 Å². The highest BCUT2D eigenvalue weighted by Crippen LogP contribution is 2.65. The zero-order chi connectivity index (χ0) is 37.8. The van der Waals surface area contributed by atoms with E-state index in [0.717, 1.165) is 50.6 Å². The SMILES string of the molecule is N#Cc1ccc(-c2nc(-c3ccc(C#N)cc3)nc(-c3ccc(C4(c5ccc(-c6ccnc7ccc(C#N)cc67)cc5)C5CC6CC(C5)CC4C6)cc3)n2)cc1. The first-order valence-corrected chi connectivity index (χ1v) is 19.3. The number of hydrogen-bond donors (Lipinski definition) is 0. The number of nitrogens with zero attached hydrogens (tertiary/aromatic N) is 7. The van der Waals surface area contributed by atoms with E-state index in [1.807, 2.05) is 48.7 Å². The fraction of sp³-hybridized carbons (Fsp3) is 0.204. The maximum absolute atomic E-state index is 9.61. The zero-order valence-corrected chi connectivity index (χ0v) is 30.6. The van der Waals surface area contributed by atoms with Crippen molar-refractivity contribution in [1.29, 1.82) is 15.8 Å². The Balaban J connectivity index is 1.06. The molecular formula is C49H35N7. The molecule has 0 saturated heterocycles. The highest BCUT2D eigenvalue weighted by atomic mass is 15.0. The van der Waals surface area contributed by atoms with Crippen LogP contribution in [0.1, 0.15) is 59.9 Å². The third-order valence-electron chi connectivity index (χ3n) is 12.8. The molecule has 0 aliphatic heterocycles. The van der Waals surface area contributed by atoms with Crippen LogP contribution >= 0.6 is 0 Å². The first-order chi connectivity index (χ1) is 27.5. The molecule has 7 nitrogen and oxygen atoms in total. The maximum atomic E-state index is 9.61. The second kappa shape index (κ2) is 13.4. The summed E-state index contributed by atoms with van der Waals surface area (Å²) in [5, 5.41) is 29.4. The molecule has 4 saturated carbocycles. The molecule has 4 bridgehead atoms. The van der Waals surface area contributed by atoms with Crippen LogP contribution in [-0.2, 0) is 5.41 Å². The zero-order valence-electron chi connectivity index (χ0n) is 30.6. The number of benzene rings is 5. The summed E-state index contributed by atoms with van der Waals surface area (Å²) >= 11 is 0. The molecule has 7 aromatic rings. The van der Waals surface area contributed by atoms with E-state index in [9.17, 15) is 15.8 Å². The molecule has 0 atom stereocenters. The van der Waals surface area contributed by atoms with Crippen molar-refractivity contribution in [3.8, 4) is 63.5 Å². The van der Waals surface area contributed by atoms with Crippen LogP contribution in [0.2, 0.25) is 0 Å². The smallest absolute Gasteiger partial charge is 0.164 e. The Bertz CT molecular complexity index is 2660. The highest BCUT2D eigenvalue weighted by Gasteiger charge is 2.58. The standard InChI is InChI=1S/C49H35N7/c50-27-30-1-6-36(7-2-30)46-54-47(37-8-3-31(28-51)4-9-37)56-48(55-46)38-12-16-40(17-13-38)49(41-22-33-21-34(24-41)25-42(49)23-33)39-14-10-35(11-15-39)43-19-20-53-45-18-5-32(29-52)26-44(43)45/h1-20,26,33-34,41-42H,21-25H2. The van der Waals surface area contributed by atoms with Crippen LogP contribution in [0.5, 0.6) is 0 Å². The molecule has 2 heterocycles. The number of nitriles is 3. The quantitative estimate of drug-likeness (QED) is 0.167. The molecule has 4 fully saturated rings. The van der Waals surface area contributed by atoms with Gasteiger partial charge in [-0.15, -0.1) is 0 Å². The highest BCUT2D eigenvalue weighted by molar-refractivity contribution is 5.95. The van der Waals surface area contributed by atoms with Gasteiger partial charge in [-0.25, -0.2) is 15.0 Å². The third kappa shape index (κ3) is 5.54. The summed E-state index contributed by atoms with van der Waals surface area (Å²) in [5.41, 5.74) is 9.98. The van der Waals surface area contributed by atoms with Crippen LogP contribution in [0.25, 0.3) is 56.2 Å². The largest absolute Gasteiger partial charge is 0.256 e. The number of hydrogen-bond acceptors (Lipinski definition) is 7. The lowest BCUT2D eigenvalue weighted by Gasteiger charge is -2.62. The fourth-order valence-electron chi connectivity index (χ4n) is 10.5. The molecule has 2 aromatic heterocycles. The summed E-state index contributed by atoms with van der Waals surface area (Å²) in [4.78, 5) is 19.4. The molecule has 0 spiro atoms. The molecule has 0 unspecified atom stereocenters. The summed E-state index contributed by atoms with van der Waals surface area (Å²) in [6.45, 7) is 0. The van der Waals surface area contributed by atoms with Crippen molar-refractivity contribution >= 4 is 10.9 Å². The second-order valence-electron chi connectivity index (χ2n) is 15.7. The Morgan fingerprint density at radius 3 is 1.36 bits per heavy atom. The van der Waals surface area contributed by atoms with Gasteiger partial charge in [-0.3, -0.25) is 4.98 Å². The van der Waals surface area contributed by atoms with Gasteiger partial charge in [0.05, 0.1) is 40.4 Å². The van der Waals surface area contributed by atoms with E-state index in [0.29, 0.717) is 46.0 Å². The molecule has 4 aliphatic rings. The lowest BCUT2D eigenvalue weighted by atomic mass is 9.42. The second-order valence-corrected chi connectivity index (χ2v) is 15.7. The predicted octanol–water partition coefficient (Wildman–Crippen LogP) is 10.4. The van der Waals surface area contributed by atoms with Crippen LogP contribution in [0.3, 0.4) is 0 Å². The molecule has 7 heteroatoms. The normalized spacial score (nSPS) is 21.9. The summed E-state index contributed by atoms with van der Waals surface area (Å²) in [6, 6.07) is 47.2. The Morgan fingerprint density at radius 2 is 0.893 bits per heavy atom. The van der Waals surface area contributed by atoms with Crippen molar-refractivity contribution < 1.29 is 0 Å². The van der Waals surface area contributed by atoms with Gasteiger partial charge in [-0.05, 0) is 151 Å². The van der Waals surface area contributed by atoms with E-state index in [-0.39, 0.29) is 5.41 Å². The van der Waals surface area contributed by atoms with Crippen molar-refractivity contribution in [3.05, 3.63) is 155 Å². The third-order valence-corrected chi connectivity index (χ3v) is 12.8. The maximum Gasteiger partial charge on any atom is 0.164 e. The molecule has 4 aliphatic carbocycles. The number of fused-ring (bicyclic) bond motifs is 1. The van der Waals surface area contributed by atoms with Crippen molar-refractivity contribution in [3.63, 3.8) is 0 Å². The first-order valence-electron chi connectivity index (χ1n) is 19.3. The van der Waals surface area contributed by atoms with Gasteiger partial charge in [0.25, 0.3) is 0 Å². The van der Waals surface area contributed by atoms with E-state index < -0.39 is 0 Å². The van der Waals surface area contributed by atoms with Gasteiger partial charge in [0, 0.05) is 33.7 Å². The molecular weight excluding hydrogens is 687 g/mol. The van der Waals surface area contributed by atoms with Crippen LogP contribution in [0.15, 0.2) is 128 Å². The summed E-state index contributed by atoms with van der Waals surface area (Å²) in [7, 11) is 0. The van der Waals surface area contributed by atoms with Crippen LogP contribution in [0.4, 0.5) is 0 Å². The van der Waals surface area contributed by atoms with E-state index in [2.05, 4.69) is 77.8 Å². The lowest BCUT2D eigenvalue weighted by Crippen LogP contribution is -2.56. The molecule has 0 N–H and O–H groups in total. The predicted molar refractivity (Wildman–Crippen MR) is 215 cm³/mol. The molecule has 266 valence electrons. The van der Waals surface area contributed by atoms with Crippen molar-refractivity contribution in [1.82, 2.24) is 19.9 Å². The van der Waals surface area contributed by atoms with Crippen LogP contribution in [0, 0.1) is 57.7 Å². The summed E-state index contributed by atoms with van der Waals surface area (Å²) in [6.07, 6.45) is 8.28. The van der Waals surface area contributed by atoms with Gasteiger partial charge >= 0.3 is 0 Å².